The van der Waals surface area contributed by atoms with E-state index in [1.54, 1.807) is 0 Å². The average molecular weight is 334 g/mol. The molecular weight excluding hydrogens is 320 g/mol. The van der Waals surface area contributed by atoms with Crippen LogP contribution in [0.25, 0.3) is 0 Å². The molecule has 2 atom stereocenters. The van der Waals surface area contributed by atoms with Gasteiger partial charge in [0.1, 0.15) is 11.9 Å². The van der Waals surface area contributed by atoms with Gasteiger partial charge in [0, 0.05) is 12.1 Å². The quantitative estimate of drug-likeness (QED) is 0.608. The Morgan fingerprint density at radius 2 is 1.96 bits per heavy atom. The van der Waals surface area contributed by atoms with Crippen LogP contribution < -0.4 is 10.6 Å². The fourth-order valence-corrected chi connectivity index (χ4v) is 1.85. The summed E-state index contributed by atoms with van der Waals surface area (Å²) >= 11 is 0. The minimum absolute atomic E-state index is 0.113. The van der Waals surface area contributed by atoms with E-state index in [0.717, 1.165) is 0 Å². The average Bonchev–Trinajstić information content (AvgIpc) is 3.28. The second kappa shape index (κ2) is 6.95. The predicted octanol–water partition coefficient (Wildman–Crippen LogP) is 1.28. The van der Waals surface area contributed by atoms with E-state index in [2.05, 4.69) is 10.1 Å². The number of hydrogen-bond donors (Lipinski definition) is 2. The summed E-state index contributed by atoms with van der Waals surface area (Å²) in [5, 5.41) is 4.19. The molecule has 1 heterocycles. The second-order valence-corrected chi connectivity index (χ2v) is 5.01. The number of nitrogens with one attached hydrogen (secondary N) is 2. The molecule has 1 aliphatic heterocycles. The van der Waals surface area contributed by atoms with Gasteiger partial charge in [-0.1, -0.05) is 18.2 Å². The minimum atomic E-state index is -4.64. The van der Waals surface area contributed by atoms with Crippen molar-refractivity contribution in [1.29, 1.82) is 0 Å². The molecule has 1 saturated heterocycles. The van der Waals surface area contributed by atoms with Crippen molar-refractivity contribution in [2.75, 3.05) is 6.61 Å². The van der Waals surface area contributed by atoms with Crippen LogP contribution in [0, 0.1) is 5.82 Å². The van der Waals surface area contributed by atoms with Crippen molar-refractivity contribution >= 4 is 11.8 Å². The van der Waals surface area contributed by atoms with Crippen molar-refractivity contribution in [3.8, 4) is 0 Å². The molecule has 126 valence electrons. The van der Waals surface area contributed by atoms with Gasteiger partial charge in [-0.2, -0.15) is 13.2 Å². The highest BCUT2D eigenvalue weighted by atomic mass is 19.4. The molecule has 0 saturated carbocycles. The van der Waals surface area contributed by atoms with Gasteiger partial charge in [-0.25, -0.2) is 4.39 Å². The SMILES string of the molecule is O=C(NCc1ccccc1F)[C@H](CC(F)(F)F)NC(=O)[C@@H]1CO1. The second-order valence-electron chi connectivity index (χ2n) is 5.01. The number of carbonyl (C=O) groups excluding carboxylic acids is 2. The van der Waals surface area contributed by atoms with Gasteiger partial charge in [0.15, 0.2) is 6.10 Å². The van der Waals surface area contributed by atoms with Crippen molar-refractivity contribution in [3.05, 3.63) is 35.6 Å². The van der Waals surface area contributed by atoms with Crippen molar-refractivity contribution in [1.82, 2.24) is 10.6 Å². The monoisotopic (exact) mass is 334 g/mol. The first-order chi connectivity index (χ1) is 10.8. The summed E-state index contributed by atoms with van der Waals surface area (Å²) in [4.78, 5) is 23.4. The summed E-state index contributed by atoms with van der Waals surface area (Å²) in [5.41, 5.74) is 0.128. The van der Waals surface area contributed by atoms with Crippen LogP contribution in [0.15, 0.2) is 24.3 Å². The van der Waals surface area contributed by atoms with Gasteiger partial charge >= 0.3 is 6.18 Å². The summed E-state index contributed by atoms with van der Waals surface area (Å²) in [7, 11) is 0. The lowest BCUT2D eigenvalue weighted by atomic mass is 10.1. The van der Waals surface area contributed by atoms with E-state index in [9.17, 15) is 27.2 Å². The third kappa shape index (κ3) is 5.51. The van der Waals surface area contributed by atoms with Crippen LogP contribution in [0.2, 0.25) is 0 Å². The normalized spacial score (nSPS) is 18.2. The topological polar surface area (TPSA) is 70.7 Å². The third-order valence-electron chi connectivity index (χ3n) is 3.11. The summed E-state index contributed by atoms with van der Waals surface area (Å²) in [6, 6.07) is 3.75. The molecule has 1 aliphatic rings. The van der Waals surface area contributed by atoms with Crippen molar-refractivity contribution in [3.63, 3.8) is 0 Å². The summed E-state index contributed by atoms with van der Waals surface area (Å²) in [5.74, 6) is -2.41. The lowest BCUT2D eigenvalue weighted by molar-refractivity contribution is -0.151. The molecule has 0 aliphatic carbocycles. The zero-order valence-corrected chi connectivity index (χ0v) is 11.8. The largest absolute Gasteiger partial charge is 0.391 e. The lowest BCUT2D eigenvalue weighted by Gasteiger charge is -2.19. The van der Waals surface area contributed by atoms with E-state index in [-0.39, 0.29) is 18.7 Å². The summed E-state index contributed by atoms with van der Waals surface area (Å²) in [6.07, 6.45) is -6.98. The maximum atomic E-state index is 13.4. The molecule has 2 N–H and O–H groups in total. The first-order valence-corrected chi connectivity index (χ1v) is 6.76. The number of epoxide rings is 1. The Hall–Kier alpha value is -2.16. The molecule has 2 rings (SSSR count). The van der Waals surface area contributed by atoms with E-state index in [1.807, 2.05) is 5.32 Å². The number of halogens is 4. The fraction of sp³-hybridized carbons (Fsp3) is 0.429. The molecule has 0 spiro atoms. The molecule has 1 aromatic carbocycles. The van der Waals surface area contributed by atoms with Crippen LogP contribution in [0.3, 0.4) is 0 Å². The van der Waals surface area contributed by atoms with Crippen LogP contribution in [-0.4, -0.2) is 36.7 Å². The molecule has 0 unspecified atom stereocenters. The maximum absolute atomic E-state index is 13.4. The predicted molar refractivity (Wildman–Crippen MR) is 70.6 cm³/mol. The van der Waals surface area contributed by atoms with E-state index in [1.165, 1.54) is 24.3 Å². The number of hydrogen-bond acceptors (Lipinski definition) is 3. The molecule has 9 heteroatoms. The number of ether oxygens (including phenoxy) is 1. The smallest absolute Gasteiger partial charge is 0.363 e. The Balaban J connectivity index is 1.97. The number of rotatable bonds is 6. The van der Waals surface area contributed by atoms with Gasteiger partial charge in [-0.3, -0.25) is 9.59 Å². The molecule has 0 aromatic heterocycles. The van der Waals surface area contributed by atoms with Crippen molar-refractivity contribution in [2.45, 2.75) is 31.3 Å². The Bertz CT molecular complexity index is 588. The highest BCUT2D eigenvalue weighted by molar-refractivity contribution is 5.90. The van der Waals surface area contributed by atoms with Crippen LogP contribution in [0.4, 0.5) is 17.6 Å². The van der Waals surface area contributed by atoms with E-state index >= 15 is 0 Å². The van der Waals surface area contributed by atoms with Crippen LogP contribution >= 0.6 is 0 Å². The minimum Gasteiger partial charge on any atom is -0.363 e. The summed E-state index contributed by atoms with van der Waals surface area (Å²) < 4.78 is 55.7. The van der Waals surface area contributed by atoms with Crippen LogP contribution in [0.5, 0.6) is 0 Å². The first-order valence-electron chi connectivity index (χ1n) is 6.76. The molecular formula is C14H14F4N2O3. The van der Waals surface area contributed by atoms with Crippen molar-refractivity contribution in [2.24, 2.45) is 0 Å². The van der Waals surface area contributed by atoms with Gasteiger partial charge in [0.25, 0.3) is 5.91 Å². The van der Waals surface area contributed by atoms with Crippen LogP contribution in [-0.2, 0) is 20.9 Å². The van der Waals surface area contributed by atoms with Gasteiger partial charge in [0.05, 0.1) is 13.0 Å². The molecule has 2 amide bonds. The number of alkyl halides is 3. The van der Waals surface area contributed by atoms with Gasteiger partial charge in [-0.15, -0.1) is 0 Å². The standard InChI is InChI=1S/C14H14F4N2O3/c15-9-4-2-1-3-8(9)6-19-12(21)10(5-14(16,17)18)20-13(22)11-7-23-11/h1-4,10-11H,5-7H2,(H,19,21)(H,20,22)/t10-,11-/m0/s1. The molecule has 23 heavy (non-hydrogen) atoms. The Kier molecular flexibility index (Phi) is 5.19. The first kappa shape index (κ1) is 17.2. The van der Waals surface area contributed by atoms with E-state index < -0.39 is 42.4 Å². The van der Waals surface area contributed by atoms with Gasteiger partial charge in [0.2, 0.25) is 5.91 Å². The highest BCUT2D eigenvalue weighted by Crippen LogP contribution is 2.22. The van der Waals surface area contributed by atoms with E-state index in [4.69, 9.17) is 0 Å². The number of benzene rings is 1. The fourth-order valence-electron chi connectivity index (χ4n) is 1.85. The highest BCUT2D eigenvalue weighted by Gasteiger charge is 2.39. The van der Waals surface area contributed by atoms with Gasteiger partial charge < -0.3 is 15.4 Å². The lowest BCUT2D eigenvalue weighted by Crippen LogP contribution is -2.49. The van der Waals surface area contributed by atoms with E-state index in [0.29, 0.717) is 0 Å². The summed E-state index contributed by atoms with van der Waals surface area (Å²) in [6.45, 7) is -0.170. The maximum Gasteiger partial charge on any atom is 0.391 e. The third-order valence-corrected chi connectivity index (χ3v) is 3.11. The Morgan fingerprint density at radius 3 is 2.52 bits per heavy atom. The Morgan fingerprint density at radius 1 is 1.30 bits per heavy atom. The van der Waals surface area contributed by atoms with Gasteiger partial charge in [-0.05, 0) is 6.07 Å². The molecule has 5 nitrogen and oxygen atoms in total. The Labute approximate surface area is 129 Å². The zero-order valence-electron chi connectivity index (χ0n) is 11.8. The molecule has 1 aromatic rings. The molecule has 0 radical (unpaired) electrons. The van der Waals surface area contributed by atoms with Crippen molar-refractivity contribution < 1.29 is 31.9 Å². The number of amides is 2. The molecule has 1 fully saturated rings. The van der Waals surface area contributed by atoms with Crippen LogP contribution in [0.1, 0.15) is 12.0 Å². The zero-order chi connectivity index (χ0) is 17.0. The molecule has 0 bridgehead atoms. The number of carbonyl (C=O) groups is 2.